The van der Waals surface area contributed by atoms with Gasteiger partial charge in [-0.25, -0.2) is 9.78 Å². The number of H-pyrrole nitrogens is 1. The van der Waals surface area contributed by atoms with Gasteiger partial charge in [0, 0.05) is 30.2 Å². The number of imidazole rings is 1. The highest BCUT2D eigenvalue weighted by Crippen LogP contribution is 2.17. The zero-order chi connectivity index (χ0) is 18.0. The van der Waals surface area contributed by atoms with Crippen molar-refractivity contribution in [1.82, 2.24) is 25.5 Å². The molecule has 0 atom stereocenters. The lowest BCUT2D eigenvalue weighted by molar-refractivity contribution is 0.0708. The highest BCUT2D eigenvalue weighted by molar-refractivity contribution is 5.97. The maximum Gasteiger partial charge on any atom is 0.315 e. The van der Waals surface area contributed by atoms with Crippen LogP contribution >= 0.6 is 0 Å². The third-order valence-corrected chi connectivity index (χ3v) is 4.27. The lowest BCUT2D eigenvalue weighted by atomic mass is 10.0. The van der Waals surface area contributed by atoms with Crippen molar-refractivity contribution in [1.29, 1.82) is 0 Å². The molecule has 0 saturated carbocycles. The summed E-state index contributed by atoms with van der Waals surface area (Å²) in [6, 6.07) is 5.45. The molecule has 3 rings (SSSR count). The number of hydrogen-bond donors (Lipinski definition) is 3. The van der Waals surface area contributed by atoms with Crippen LogP contribution in [0.5, 0.6) is 0 Å². The van der Waals surface area contributed by atoms with Gasteiger partial charge in [-0.3, -0.25) is 4.79 Å². The number of carbonyl (C=O) groups excluding carboxylic acids is 2. The fourth-order valence-corrected chi connectivity index (χ4v) is 3.04. The minimum absolute atomic E-state index is 0.0223. The van der Waals surface area contributed by atoms with E-state index in [1.165, 1.54) is 0 Å². The first-order valence-electron chi connectivity index (χ1n) is 8.63. The number of aromatic nitrogens is 2. The standard InChI is InChI=1S/C18H25N5O2/c1-18(2,3)22-17(25)21-13-6-8-23(9-7-13)16(24)12-4-5-14-15(10-12)20-11-19-14/h4-5,10-11,13H,6-9H2,1-3H3,(H,19,20)(H2,21,22,25). The lowest BCUT2D eigenvalue weighted by Crippen LogP contribution is -2.52. The number of nitrogens with zero attached hydrogens (tertiary/aromatic N) is 2. The number of piperidine rings is 1. The SMILES string of the molecule is CC(C)(C)NC(=O)NC1CCN(C(=O)c2ccc3nc[nH]c3c2)CC1. The summed E-state index contributed by atoms with van der Waals surface area (Å²) in [5.41, 5.74) is 2.12. The monoisotopic (exact) mass is 343 g/mol. The number of amides is 3. The molecule has 0 spiro atoms. The molecule has 3 N–H and O–H groups in total. The molecule has 1 aliphatic heterocycles. The third kappa shape index (κ3) is 4.29. The van der Waals surface area contributed by atoms with Crippen LogP contribution in [0.4, 0.5) is 4.79 Å². The largest absolute Gasteiger partial charge is 0.345 e. The van der Waals surface area contributed by atoms with Crippen molar-refractivity contribution in [3.8, 4) is 0 Å². The van der Waals surface area contributed by atoms with Gasteiger partial charge in [0.25, 0.3) is 5.91 Å². The molecule has 25 heavy (non-hydrogen) atoms. The van der Waals surface area contributed by atoms with Gasteiger partial charge < -0.3 is 20.5 Å². The summed E-state index contributed by atoms with van der Waals surface area (Å²) in [6.45, 7) is 7.12. The van der Waals surface area contributed by atoms with E-state index in [1.807, 2.05) is 43.9 Å². The van der Waals surface area contributed by atoms with E-state index in [0.29, 0.717) is 18.7 Å². The average Bonchev–Trinajstić information content (AvgIpc) is 3.00. The van der Waals surface area contributed by atoms with Crippen molar-refractivity contribution in [2.24, 2.45) is 0 Å². The summed E-state index contributed by atoms with van der Waals surface area (Å²) >= 11 is 0. The number of likely N-dealkylation sites (tertiary alicyclic amines) is 1. The van der Waals surface area contributed by atoms with Gasteiger partial charge in [-0.1, -0.05) is 0 Å². The molecule has 0 aliphatic carbocycles. The Morgan fingerprint density at radius 2 is 1.96 bits per heavy atom. The normalized spacial score (nSPS) is 16.0. The fourth-order valence-electron chi connectivity index (χ4n) is 3.04. The summed E-state index contributed by atoms with van der Waals surface area (Å²) in [5, 5.41) is 5.89. The van der Waals surface area contributed by atoms with Crippen LogP contribution in [-0.4, -0.2) is 51.5 Å². The average molecular weight is 343 g/mol. The molecule has 7 heteroatoms. The molecule has 2 aromatic rings. The van der Waals surface area contributed by atoms with Crippen molar-refractivity contribution in [2.45, 2.75) is 45.2 Å². The van der Waals surface area contributed by atoms with Crippen LogP contribution in [0.15, 0.2) is 24.5 Å². The molecule has 0 bridgehead atoms. The maximum absolute atomic E-state index is 12.7. The van der Waals surface area contributed by atoms with Crippen molar-refractivity contribution in [3.63, 3.8) is 0 Å². The van der Waals surface area contributed by atoms with Gasteiger partial charge in [0.15, 0.2) is 0 Å². The Labute approximate surface area is 147 Å². The van der Waals surface area contributed by atoms with Crippen molar-refractivity contribution in [3.05, 3.63) is 30.1 Å². The zero-order valence-electron chi connectivity index (χ0n) is 14.9. The van der Waals surface area contributed by atoms with Crippen LogP contribution in [0, 0.1) is 0 Å². The molecule has 2 heterocycles. The van der Waals surface area contributed by atoms with Gasteiger partial charge in [-0.05, 0) is 51.8 Å². The number of hydrogen-bond acceptors (Lipinski definition) is 3. The van der Waals surface area contributed by atoms with Crippen molar-refractivity contribution >= 4 is 23.0 Å². The van der Waals surface area contributed by atoms with Crippen LogP contribution in [0.1, 0.15) is 44.0 Å². The molecular weight excluding hydrogens is 318 g/mol. The minimum atomic E-state index is -0.258. The summed E-state index contributed by atoms with van der Waals surface area (Å²) in [5.74, 6) is 0.0223. The van der Waals surface area contributed by atoms with E-state index in [2.05, 4.69) is 20.6 Å². The number of urea groups is 1. The van der Waals surface area contributed by atoms with Gasteiger partial charge in [0.05, 0.1) is 17.4 Å². The fraction of sp³-hybridized carbons (Fsp3) is 0.500. The maximum atomic E-state index is 12.7. The molecule has 1 aliphatic rings. The molecule has 1 fully saturated rings. The quantitative estimate of drug-likeness (QED) is 0.781. The van der Waals surface area contributed by atoms with E-state index in [9.17, 15) is 9.59 Å². The Morgan fingerprint density at radius 1 is 1.24 bits per heavy atom. The van der Waals surface area contributed by atoms with E-state index in [4.69, 9.17) is 0 Å². The topological polar surface area (TPSA) is 90.1 Å². The number of carbonyl (C=O) groups is 2. The predicted molar refractivity (Wildman–Crippen MR) is 96.4 cm³/mol. The Kier molecular flexibility index (Phi) is 4.65. The second-order valence-electron chi connectivity index (χ2n) is 7.55. The Morgan fingerprint density at radius 3 is 2.64 bits per heavy atom. The number of fused-ring (bicyclic) bond motifs is 1. The number of aromatic amines is 1. The molecule has 7 nitrogen and oxygen atoms in total. The van der Waals surface area contributed by atoms with Gasteiger partial charge in [-0.15, -0.1) is 0 Å². The Hall–Kier alpha value is -2.57. The smallest absolute Gasteiger partial charge is 0.315 e. The number of benzene rings is 1. The zero-order valence-corrected chi connectivity index (χ0v) is 14.9. The van der Waals surface area contributed by atoms with Crippen molar-refractivity contribution < 1.29 is 9.59 Å². The first-order valence-corrected chi connectivity index (χ1v) is 8.63. The van der Waals surface area contributed by atoms with Gasteiger partial charge in [-0.2, -0.15) is 0 Å². The van der Waals surface area contributed by atoms with Crippen LogP contribution in [0.25, 0.3) is 11.0 Å². The Balaban J connectivity index is 1.54. The lowest BCUT2D eigenvalue weighted by Gasteiger charge is -2.33. The molecule has 1 saturated heterocycles. The molecule has 134 valence electrons. The second-order valence-corrected chi connectivity index (χ2v) is 7.55. The second kappa shape index (κ2) is 6.74. The van der Waals surface area contributed by atoms with Gasteiger partial charge >= 0.3 is 6.03 Å². The van der Waals surface area contributed by atoms with Crippen LogP contribution in [0.2, 0.25) is 0 Å². The van der Waals surface area contributed by atoms with Crippen LogP contribution in [0.3, 0.4) is 0 Å². The Bertz CT molecular complexity index is 769. The molecule has 0 unspecified atom stereocenters. The molecule has 0 radical (unpaired) electrons. The first kappa shape index (κ1) is 17.3. The number of nitrogens with one attached hydrogen (secondary N) is 3. The van der Waals surface area contributed by atoms with E-state index in [1.54, 1.807) is 6.33 Å². The highest BCUT2D eigenvalue weighted by atomic mass is 16.2. The van der Waals surface area contributed by atoms with E-state index >= 15 is 0 Å². The van der Waals surface area contributed by atoms with E-state index in [-0.39, 0.29) is 23.5 Å². The molecule has 3 amide bonds. The van der Waals surface area contributed by atoms with E-state index < -0.39 is 0 Å². The first-order chi connectivity index (χ1) is 11.8. The molecular formula is C18H25N5O2. The minimum Gasteiger partial charge on any atom is -0.345 e. The third-order valence-electron chi connectivity index (χ3n) is 4.27. The summed E-state index contributed by atoms with van der Waals surface area (Å²) in [7, 11) is 0. The highest BCUT2D eigenvalue weighted by Gasteiger charge is 2.25. The molecule has 1 aromatic carbocycles. The summed E-state index contributed by atoms with van der Waals surface area (Å²) in [6.07, 6.45) is 3.14. The van der Waals surface area contributed by atoms with Crippen LogP contribution < -0.4 is 10.6 Å². The van der Waals surface area contributed by atoms with E-state index in [0.717, 1.165) is 23.9 Å². The van der Waals surface area contributed by atoms with Gasteiger partial charge in [0.1, 0.15) is 0 Å². The number of rotatable bonds is 2. The van der Waals surface area contributed by atoms with Crippen molar-refractivity contribution in [2.75, 3.05) is 13.1 Å². The predicted octanol–water partition coefficient (Wildman–Crippen LogP) is 2.27. The summed E-state index contributed by atoms with van der Waals surface area (Å²) in [4.78, 5) is 33.7. The molecule has 1 aromatic heterocycles. The van der Waals surface area contributed by atoms with Crippen LogP contribution in [-0.2, 0) is 0 Å². The summed E-state index contributed by atoms with van der Waals surface area (Å²) < 4.78 is 0. The van der Waals surface area contributed by atoms with Gasteiger partial charge in [0.2, 0.25) is 0 Å².